The van der Waals surface area contributed by atoms with E-state index in [9.17, 15) is 9.90 Å². The summed E-state index contributed by atoms with van der Waals surface area (Å²) in [6, 6.07) is 6.64. The first-order valence-corrected chi connectivity index (χ1v) is 5.79. The maximum Gasteiger partial charge on any atom is 0.169 e. The Morgan fingerprint density at radius 3 is 2.95 bits per heavy atom. The zero-order valence-electron chi connectivity index (χ0n) is 10.5. The summed E-state index contributed by atoms with van der Waals surface area (Å²) in [5.74, 6) is 0.494. The van der Waals surface area contributed by atoms with Gasteiger partial charge in [-0.1, -0.05) is 18.2 Å². The fourth-order valence-corrected chi connectivity index (χ4v) is 1.64. The molecule has 0 aliphatic carbocycles. The van der Waals surface area contributed by atoms with Crippen LogP contribution in [0.15, 0.2) is 47.3 Å². The van der Waals surface area contributed by atoms with Gasteiger partial charge in [-0.15, -0.1) is 0 Å². The molecule has 4 nitrogen and oxygen atoms in total. The van der Waals surface area contributed by atoms with E-state index in [0.717, 1.165) is 5.56 Å². The van der Waals surface area contributed by atoms with Gasteiger partial charge < -0.3 is 14.3 Å². The Labute approximate surface area is 110 Å². The number of phenols is 1. The van der Waals surface area contributed by atoms with E-state index >= 15 is 0 Å². The lowest BCUT2D eigenvalue weighted by Crippen LogP contribution is -1.93. The van der Waals surface area contributed by atoms with Crippen molar-refractivity contribution in [3.63, 3.8) is 0 Å². The fraction of sp³-hybridized carbons (Fsp3) is 0.133. The number of furan rings is 1. The van der Waals surface area contributed by atoms with Crippen molar-refractivity contribution in [2.24, 2.45) is 0 Å². The lowest BCUT2D eigenvalue weighted by molar-refractivity contribution is 0.0995. The molecular weight excluding hydrogens is 244 g/mol. The molecule has 2 aromatic rings. The third-order valence-corrected chi connectivity index (χ3v) is 2.66. The zero-order chi connectivity index (χ0) is 13.7. The summed E-state index contributed by atoms with van der Waals surface area (Å²) in [7, 11) is 1.49. The minimum Gasteiger partial charge on any atom is -0.504 e. The number of ketones is 1. The maximum atomic E-state index is 11.7. The second-order valence-corrected chi connectivity index (χ2v) is 3.97. The highest BCUT2D eigenvalue weighted by Gasteiger charge is 2.04. The minimum absolute atomic E-state index is 0.00394. The van der Waals surface area contributed by atoms with Crippen molar-refractivity contribution in [3.8, 4) is 11.5 Å². The van der Waals surface area contributed by atoms with E-state index in [0.29, 0.717) is 17.7 Å². The van der Waals surface area contributed by atoms with Gasteiger partial charge >= 0.3 is 0 Å². The van der Waals surface area contributed by atoms with Gasteiger partial charge in [0.05, 0.1) is 18.9 Å². The van der Waals surface area contributed by atoms with Crippen molar-refractivity contribution >= 4 is 11.9 Å². The second kappa shape index (κ2) is 5.91. The summed E-state index contributed by atoms with van der Waals surface area (Å²) in [6.45, 7) is 0. The number of carbonyl (C=O) groups is 1. The van der Waals surface area contributed by atoms with Gasteiger partial charge in [0.25, 0.3) is 0 Å². The summed E-state index contributed by atoms with van der Waals surface area (Å²) in [6.07, 6.45) is 6.77. The Bertz CT molecular complexity index is 582. The molecule has 98 valence electrons. The molecule has 0 radical (unpaired) electrons. The number of rotatable bonds is 5. The van der Waals surface area contributed by atoms with Gasteiger partial charge in [-0.3, -0.25) is 4.79 Å². The van der Waals surface area contributed by atoms with Crippen LogP contribution in [0.25, 0.3) is 6.08 Å². The molecule has 0 atom stereocenters. The largest absolute Gasteiger partial charge is 0.504 e. The van der Waals surface area contributed by atoms with Crippen LogP contribution in [0.4, 0.5) is 0 Å². The Hall–Kier alpha value is -2.49. The Balaban J connectivity index is 2.01. The minimum atomic E-state index is -0.00394. The second-order valence-electron chi connectivity index (χ2n) is 3.97. The number of benzene rings is 1. The first-order valence-electron chi connectivity index (χ1n) is 5.79. The van der Waals surface area contributed by atoms with Crippen molar-refractivity contribution in [1.82, 2.24) is 0 Å². The Morgan fingerprint density at radius 2 is 2.26 bits per heavy atom. The van der Waals surface area contributed by atoms with E-state index in [-0.39, 0.29) is 11.5 Å². The number of carbonyl (C=O) groups excluding carboxylic acids is 1. The average Bonchev–Trinajstić information content (AvgIpc) is 2.94. The molecule has 2 rings (SSSR count). The average molecular weight is 258 g/mol. The van der Waals surface area contributed by atoms with Crippen molar-refractivity contribution in [2.75, 3.05) is 7.11 Å². The van der Waals surface area contributed by atoms with Crippen molar-refractivity contribution < 1.29 is 19.1 Å². The lowest BCUT2D eigenvalue weighted by Gasteiger charge is -2.03. The predicted molar refractivity (Wildman–Crippen MR) is 71.3 cm³/mol. The van der Waals surface area contributed by atoms with Crippen LogP contribution in [-0.2, 0) is 0 Å². The number of hydrogen-bond donors (Lipinski definition) is 1. The molecule has 0 saturated carbocycles. The molecule has 0 aliphatic heterocycles. The molecule has 0 saturated heterocycles. The van der Waals surface area contributed by atoms with E-state index in [1.807, 2.05) is 0 Å². The quantitative estimate of drug-likeness (QED) is 0.836. The van der Waals surface area contributed by atoms with E-state index in [4.69, 9.17) is 9.15 Å². The summed E-state index contributed by atoms with van der Waals surface area (Å²) < 4.78 is 9.86. The van der Waals surface area contributed by atoms with Gasteiger partial charge in [0.15, 0.2) is 17.3 Å². The van der Waals surface area contributed by atoms with Crippen molar-refractivity contribution in [3.05, 3.63) is 54.0 Å². The van der Waals surface area contributed by atoms with Crippen LogP contribution in [0.2, 0.25) is 0 Å². The standard InChI is InChI=1S/C15H14O4/c1-18-15-9-11(5-6-14(15)17)3-2-4-13(16)12-7-8-19-10-12/h2-3,5-10,17H,4H2,1H3/b3-2+. The van der Waals surface area contributed by atoms with Crippen LogP contribution >= 0.6 is 0 Å². The van der Waals surface area contributed by atoms with E-state index in [1.165, 1.54) is 19.6 Å². The molecule has 0 bridgehead atoms. The third-order valence-electron chi connectivity index (χ3n) is 2.66. The molecule has 4 heteroatoms. The third kappa shape index (κ3) is 3.25. The number of ether oxygens (including phenoxy) is 1. The first-order chi connectivity index (χ1) is 9.20. The van der Waals surface area contributed by atoms with Crippen molar-refractivity contribution in [1.29, 1.82) is 0 Å². The number of methoxy groups -OCH3 is 1. The molecule has 0 spiro atoms. The highest BCUT2D eigenvalue weighted by atomic mass is 16.5. The molecule has 1 heterocycles. The highest BCUT2D eigenvalue weighted by Crippen LogP contribution is 2.26. The van der Waals surface area contributed by atoms with Gasteiger partial charge in [-0.05, 0) is 23.8 Å². The number of allylic oxidation sites excluding steroid dienone is 1. The topological polar surface area (TPSA) is 59.7 Å². The molecule has 1 aromatic carbocycles. The normalized spacial score (nSPS) is 10.8. The van der Waals surface area contributed by atoms with Gasteiger partial charge in [-0.2, -0.15) is 0 Å². The van der Waals surface area contributed by atoms with Crippen LogP contribution < -0.4 is 4.74 Å². The molecule has 1 aromatic heterocycles. The van der Waals surface area contributed by atoms with Crippen LogP contribution in [0.5, 0.6) is 11.5 Å². The fourth-order valence-electron chi connectivity index (χ4n) is 1.64. The van der Waals surface area contributed by atoms with E-state index in [2.05, 4.69) is 0 Å². The summed E-state index contributed by atoms with van der Waals surface area (Å²) >= 11 is 0. The molecule has 0 aliphatic rings. The maximum absolute atomic E-state index is 11.7. The van der Waals surface area contributed by atoms with Gasteiger partial charge in [0.1, 0.15) is 6.26 Å². The Kier molecular flexibility index (Phi) is 4.03. The van der Waals surface area contributed by atoms with Crippen LogP contribution in [0, 0.1) is 0 Å². The van der Waals surface area contributed by atoms with Crippen LogP contribution in [0.1, 0.15) is 22.3 Å². The SMILES string of the molecule is COc1cc(/C=C/CC(=O)c2ccoc2)ccc1O. The monoisotopic (exact) mass is 258 g/mol. The van der Waals surface area contributed by atoms with Crippen molar-refractivity contribution in [2.45, 2.75) is 6.42 Å². The van der Waals surface area contributed by atoms with Gasteiger partial charge in [0, 0.05) is 6.42 Å². The molecular formula is C15H14O4. The highest BCUT2D eigenvalue weighted by molar-refractivity contribution is 5.96. The smallest absolute Gasteiger partial charge is 0.169 e. The Morgan fingerprint density at radius 1 is 1.42 bits per heavy atom. The number of hydrogen-bond acceptors (Lipinski definition) is 4. The summed E-state index contributed by atoms with van der Waals surface area (Å²) in [4.78, 5) is 11.7. The predicted octanol–water partition coefficient (Wildman–Crippen LogP) is 3.28. The zero-order valence-corrected chi connectivity index (χ0v) is 10.5. The van der Waals surface area contributed by atoms with Gasteiger partial charge in [0.2, 0.25) is 0 Å². The lowest BCUT2D eigenvalue weighted by atomic mass is 10.1. The molecule has 0 fully saturated rings. The molecule has 1 N–H and O–H groups in total. The number of Topliss-reactive ketones (excluding diaryl/α,β-unsaturated/α-hetero) is 1. The first kappa shape index (κ1) is 13.0. The van der Waals surface area contributed by atoms with Gasteiger partial charge in [-0.25, -0.2) is 0 Å². The van der Waals surface area contributed by atoms with Crippen LogP contribution in [0.3, 0.4) is 0 Å². The molecule has 19 heavy (non-hydrogen) atoms. The summed E-state index contributed by atoms with van der Waals surface area (Å²) in [5, 5.41) is 9.46. The van der Waals surface area contributed by atoms with E-state index < -0.39 is 0 Å². The molecule has 0 unspecified atom stereocenters. The van der Waals surface area contributed by atoms with E-state index in [1.54, 1.807) is 36.4 Å². The van der Waals surface area contributed by atoms with Crippen LogP contribution in [-0.4, -0.2) is 18.0 Å². The number of aromatic hydroxyl groups is 1. The number of phenolic OH excluding ortho intramolecular Hbond substituents is 1. The summed E-state index contributed by atoms with van der Waals surface area (Å²) in [5.41, 5.74) is 1.42. The molecule has 0 amide bonds.